The van der Waals surface area contributed by atoms with E-state index >= 15 is 0 Å². The fourth-order valence-corrected chi connectivity index (χ4v) is 7.92. The molecular formula is C46H53O26+. The van der Waals surface area contributed by atoms with Crippen LogP contribution in [0, 0.1) is 0 Å². The van der Waals surface area contributed by atoms with Gasteiger partial charge in [0.2, 0.25) is 12.6 Å². The number of aliphatic hydroxyl groups excluding tert-OH is 9. The lowest BCUT2D eigenvalue weighted by atomic mass is 9.97. The SMILES string of the molecule is COc1cc(C=CC(=O)OCC2OC(OC3=Cc4c(OC5OC(COC(=O)CC(=O)O)C(O)C(O)C5O)cc(O)cc4[OH+]C3c3ccc(O)cc3)C(OC3OC(CO)C(O)C(O)C3O)C(O)C2O)ccc1O. The van der Waals surface area contributed by atoms with E-state index in [4.69, 9.17) is 52.5 Å². The Kier molecular flexibility index (Phi) is 17.1. The summed E-state index contributed by atoms with van der Waals surface area (Å²) in [5, 5.41) is 137. The average molecular weight is 1020 g/mol. The number of methoxy groups -OCH3 is 1. The summed E-state index contributed by atoms with van der Waals surface area (Å²) in [6.45, 7) is -2.41. The summed E-state index contributed by atoms with van der Waals surface area (Å²) >= 11 is 0. The van der Waals surface area contributed by atoms with Crippen LogP contribution >= 0.6 is 0 Å². The minimum Gasteiger partial charge on any atom is -0.571 e. The molecule has 0 spiro atoms. The lowest BCUT2D eigenvalue weighted by molar-refractivity contribution is -0.364. The van der Waals surface area contributed by atoms with Gasteiger partial charge in [0.15, 0.2) is 29.7 Å². The van der Waals surface area contributed by atoms with E-state index in [1.54, 1.807) is 0 Å². The van der Waals surface area contributed by atoms with Gasteiger partial charge >= 0.3 is 17.9 Å². The van der Waals surface area contributed by atoms with Gasteiger partial charge in [0.1, 0.15) is 110 Å². The Morgan fingerprint density at radius 3 is 1.96 bits per heavy atom. The van der Waals surface area contributed by atoms with E-state index in [9.17, 15) is 75.7 Å². The second-order valence-electron chi connectivity index (χ2n) is 16.8. The summed E-state index contributed by atoms with van der Waals surface area (Å²) < 4.78 is 55.7. The van der Waals surface area contributed by atoms with E-state index in [-0.39, 0.29) is 40.1 Å². The minimum absolute atomic E-state index is 0.0156. The van der Waals surface area contributed by atoms with Crippen LogP contribution in [0.2, 0.25) is 0 Å². The number of benzene rings is 3. The van der Waals surface area contributed by atoms with Crippen LogP contribution < -0.4 is 9.47 Å². The Morgan fingerprint density at radius 1 is 0.667 bits per heavy atom. The molecule has 4 heterocycles. The summed E-state index contributed by atoms with van der Waals surface area (Å²) in [4.78, 5) is 35.9. The normalized spacial score (nSPS) is 32.4. The van der Waals surface area contributed by atoms with Gasteiger partial charge in [-0.3, -0.25) is 9.59 Å². The molecule has 26 nitrogen and oxygen atoms in total. The standard InChI is InChI=1S/C46H52O26/c1-63-26-10-18(2-8-23(26)50)3-9-32(53)64-16-30-36(57)39(60)43(72-45-41(62)37(58)34(55)28(15-47)69-45)46(71-30)68-27-13-22-24(66-42(27)19-4-6-20(48)7-5-19)11-21(49)12-25(22)67-44-40(61)38(59)35(56)29(70-44)17-65-33(54)14-31(51)52/h2-13,28-30,34-50,55-62H,14-17H2,1H3,(H,51,52)/p+1. The average Bonchev–Trinajstić information content (AvgIpc) is 3.35. The van der Waals surface area contributed by atoms with Crippen LogP contribution in [0.5, 0.6) is 34.5 Å². The molecular weight excluding hydrogens is 968 g/mol. The molecule has 3 aromatic carbocycles. The Labute approximate surface area is 406 Å². The first-order valence-electron chi connectivity index (χ1n) is 21.9. The molecule has 392 valence electrons. The third-order valence-electron chi connectivity index (χ3n) is 11.8. The molecule has 0 amide bonds. The van der Waals surface area contributed by atoms with Crippen LogP contribution in [0.1, 0.15) is 29.2 Å². The number of ether oxygens (including phenoxy) is 10. The maximum atomic E-state index is 12.9. The number of hydrogen-bond donors (Lipinski definition) is 13. The number of phenols is 3. The van der Waals surface area contributed by atoms with Gasteiger partial charge in [0, 0.05) is 18.2 Å². The second-order valence-corrected chi connectivity index (χ2v) is 16.8. The van der Waals surface area contributed by atoms with Crippen molar-refractivity contribution in [1.29, 1.82) is 0 Å². The minimum atomic E-state index is -2.07. The van der Waals surface area contributed by atoms with Gasteiger partial charge < -0.3 is 114 Å². The Bertz CT molecular complexity index is 2440. The van der Waals surface area contributed by atoms with Gasteiger partial charge in [-0.15, -0.1) is 0 Å². The maximum absolute atomic E-state index is 12.9. The van der Waals surface area contributed by atoms with Gasteiger partial charge in [-0.2, -0.15) is 0 Å². The molecule has 16 unspecified atom stereocenters. The van der Waals surface area contributed by atoms with E-state index in [1.807, 2.05) is 0 Å². The smallest absolute Gasteiger partial charge is 0.330 e. The van der Waals surface area contributed by atoms with Gasteiger partial charge in [-0.25, -0.2) is 4.79 Å². The highest BCUT2D eigenvalue weighted by Crippen LogP contribution is 2.47. The number of carboxylic acids is 1. The fraction of sp³-hybridized carbons (Fsp3) is 0.457. The molecule has 3 saturated heterocycles. The Morgan fingerprint density at radius 2 is 1.29 bits per heavy atom. The van der Waals surface area contributed by atoms with Crippen molar-refractivity contribution in [1.82, 2.24) is 0 Å². The van der Waals surface area contributed by atoms with E-state index < -0.39 is 148 Å². The quantitative estimate of drug-likeness (QED) is 0.0282. The Hall–Kier alpha value is -6.37. The van der Waals surface area contributed by atoms with Crippen LogP contribution in [0.4, 0.5) is 0 Å². The van der Waals surface area contributed by atoms with E-state index in [0.29, 0.717) is 11.1 Å². The molecule has 0 radical (unpaired) electrons. The van der Waals surface area contributed by atoms with Crippen molar-refractivity contribution in [2.75, 3.05) is 26.9 Å². The van der Waals surface area contributed by atoms with Crippen molar-refractivity contribution in [3.8, 4) is 34.5 Å². The first kappa shape index (κ1) is 53.4. The number of carbonyl (C=O) groups excluding carboxylic acids is 2. The molecule has 72 heavy (non-hydrogen) atoms. The van der Waals surface area contributed by atoms with Crippen LogP contribution in [-0.4, -0.2) is 208 Å². The van der Waals surface area contributed by atoms with Crippen molar-refractivity contribution < 1.29 is 128 Å². The third kappa shape index (κ3) is 12.1. The van der Waals surface area contributed by atoms with Crippen molar-refractivity contribution in [3.05, 3.63) is 83.1 Å². The molecule has 4 aliphatic rings. The van der Waals surface area contributed by atoms with Crippen LogP contribution in [0.25, 0.3) is 12.2 Å². The molecule has 7 rings (SSSR count). The van der Waals surface area contributed by atoms with Crippen molar-refractivity contribution in [2.45, 2.75) is 105 Å². The summed E-state index contributed by atoms with van der Waals surface area (Å²) in [6.07, 6.45) is -26.8. The highest BCUT2D eigenvalue weighted by molar-refractivity contribution is 5.90. The predicted octanol–water partition coefficient (Wildman–Crippen LogP) is -2.74. The maximum Gasteiger partial charge on any atom is 0.330 e. The molecule has 16 atom stereocenters. The lowest BCUT2D eigenvalue weighted by Gasteiger charge is -2.46. The van der Waals surface area contributed by atoms with Crippen LogP contribution in [0.15, 0.2) is 66.4 Å². The largest absolute Gasteiger partial charge is 0.571 e. The molecule has 4 aliphatic heterocycles. The number of aliphatic carboxylic acids is 1. The number of fused-ring (bicyclic) bond motifs is 1. The number of hydrogen-bond acceptors (Lipinski definition) is 24. The summed E-state index contributed by atoms with van der Waals surface area (Å²) in [6, 6.07) is 12.0. The zero-order valence-corrected chi connectivity index (χ0v) is 37.7. The fourth-order valence-electron chi connectivity index (χ4n) is 7.92. The second kappa shape index (κ2) is 23.0. The zero-order valence-electron chi connectivity index (χ0n) is 37.7. The zero-order chi connectivity index (χ0) is 52.1. The van der Waals surface area contributed by atoms with Gasteiger partial charge in [0.05, 0.1) is 25.3 Å². The molecule has 14 N–H and O–H groups in total. The molecule has 0 aliphatic carbocycles. The predicted molar refractivity (Wildman–Crippen MR) is 234 cm³/mol. The topological polar surface area (TPSA) is 410 Å². The van der Waals surface area contributed by atoms with Crippen LogP contribution in [-0.2, 0) is 47.5 Å². The van der Waals surface area contributed by atoms with Crippen molar-refractivity contribution >= 4 is 30.1 Å². The molecule has 3 aromatic rings. The lowest BCUT2D eigenvalue weighted by Crippen LogP contribution is -2.64. The summed E-state index contributed by atoms with van der Waals surface area (Å²) in [7, 11) is 1.33. The molecule has 0 aromatic heterocycles. The first-order chi connectivity index (χ1) is 34.3. The van der Waals surface area contributed by atoms with Gasteiger partial charge in [-0.05, 0) is 48.0 Å². The molecule has 0 bridgehead atoms. The van der Waals surface area contributed by atoms with E-state index in [2.05, 4.69) is 0 Å². The van der Waals surface area contributed by atoms with E-state index in [0.717, 1.165) is 12.1 Å². The highest BCUT2D eigenvalue weighted by atomic mass is 16.8. The Balaban J connectivity index is 1.22. The number of carboxylic acid groups (broad SMARTS) is 1. The molecule has 0 saturated carbocycles. The van der Waals surface area contributed by atoms with E-state index in [1.165, 1.54) is 67.8 Å². The highest BCUT2D eigenvalue weighted by Gasteiger charge is 2.53. The number of rotatable bonds is 17. The number of aromatic hydroxyl groups is 4. The van der Waals surface area contributed by atoms with Crippen molar-refractivity contribution in [3.63, 3.8) is 0 Å². The van der Waals surface area contributed by atoms with Gasteiger partial charge in [-0.1, -0.05) is 6.07 Å². The summed E-state index contributed by atoms with van der Waals surface area (Å²) in [5.41, 5.74) is 0.697. The van der Waals surface area contributed by atoms with Crippen molar-refractivity contribution in [2.24, 2.45) is 0 Å². The first-order valence-corrected chi connectivity index (χ1v) is 21.9. The monoisotopic (exact) mass is 1020 g/mol. The van der Waals surface area contributed by atoms with Crippen LogP contribution in [0.3, 0.4) is 0 Å². The summed E-state index contributed by atoms with van der Waals surface area (Å²) in [5.74, 6) is -4.89. The molecule has 26 heteroatoms. The third-order valence-corrected chi connectivity index (χ3v) is 11.8. The number of esters is 2. The number of phenolic OH excluding ortho intramolecular Hbond substituents is 3. The molecule has 3 fully saturated rings. The number of carbonyl (C=O) groups is 3. The number of aliphatic hydroxyl groups is 10. The van der Waals surface area contributed by atoms with Gasteiger partial charge in [0.25, 0.3) is 11.9 Å².